The summed E-state index contributed by atoms with van der Waals surface area (Å²) in [6.45, 7) is 4.07. The lowest BCUT2D eigenvalue weighted by Gasteiger charge is -2.17. The molecule has 0 spiro atoms. The van der Waals surface area contributed by atoms with E-state index in [4.69, 9.17) is 0 Å². The van der Waals surface area contributed by atoms with Gasteiger partial charge in [-0.15, -0.1) is 0 Å². The van der Waals surface area contributed by atoms with E-state index in [0.717, 1.165) is 24.6 Å². The zero-order valence-electron chi connectivity index (χ0n) is 9.17. The maximum Gasteiger partial charge on any atom is 0.123 e. The maximum absolute atomic E-state index is 13.1. The van der Waals surface area contributed by atoms with Gasteiger partial charge < -0.3 is 5.32 Å². The smallest absolute Gasteiger partial charge is 0.123 e. The first-order valence-electron chi connectivity index (χ1n) is 5.77. The fourth-order valence-electron chi connectivity index (χ4n) is 2.09. The predicted octanol–water partition coefficient (Wildman–Crippen LogP) is 2.93. The summed E-state index contributed by atoms with van der Waals surface area (Å²) in [6.07, 6.45) is 2.60. The summed E-state index contributed by atoms with van der Waals surface area (Å²) in [6, 6.07) is 7.05. The molecule has 2 heteroatoms. The number of hydrogen-bond donors (Lipinski definition) is 1. The molecule has 1 atom stereocenters. The highest BCUT2D eigenvalue weighted by Crippen LogP contribution is 2.42. The number of likely N-dealkylation sites (N-methyl/N-ethyl adjacent to an activating group) is 1. The quantitative estimate of drug-likeness (QED) is 0.782. The topological polar surface area (TPSA) is 12.0 Å². The maximum atomic E-state index is 13.1. The fraction of sp³-hybridized carbons (Fsp3) is 0.538. The number of halogens is 1. The molecule has 0 radical (unpaired) electrons. The molecule has 1 saturated carbocycles. The first-order chi connectivity index (χ1) is 7.31. The zero-order valence-corrected chi connectivity index (χ0v) is 9.17. The Morgan fingerprint density at radius 3 is 2.87 bits per heavy atom. The molecule has 82 valence electrons. The van der Waals surface area contributed by atoms with Crippen molar-refractivity contribution < 1.29 is 4.39 Å². The minimum atomic E-state index is -0.116. The first kappa shape index (κ1) is 10.6. The Balaban J connectivity index is 2.09. The van der Waals surface area contributed by atoms with Gasteiger partial charge in [-0.3, -0.25) is 0 Å². The SMILES string of the molecule is CCNCC(c1cccc(F)c1)C1CC1. The standard InChI is InChI=1S/C13H18FN/c1-2-15-9-13(10-6-7-10)11-4-3-5-12(14)8-11/h3-5,8,10,13,15H,2,6-7,9H2,1H3. The van der Waals surface area contributed by atoms with Crippen LogP contribution in [0.4, 0.5) is 4.39 Å². The van der Waals surface area contributed by atoms with Crippen molar-refractivity contribution in [2.75, 3.05) is 13.1 Å². The first-order valence-corrected chi connectivity index (χ1v) is 5.77. The molecule has 2 rings (SSSR count). The van der Waals surface area contributed by atoms with E-state index in [2.05, 4.69) is 12.2 Å². The van der Waals surface area contributed by atoms with Gasteiger partial charge in [-0.05, 0) is 48.9 Å². The van der Waals surface area contributed by atoms with E-state index in [9.17, 15) is 4.39 Å². The molecule has 1 aromatic carbocycles. The van der Waals surface area contributed by atoms with Crippen LogP contribution in [0, 0.1) is 11.7 Å². The molecule has 0 aliphatic heterocycles. The van der Waals surface area contributed by atoms with Crippen molar-refractivity contribution in [1.29, 1.82) is 0 Å². The minimum absolute atomic E-state index is 0.116. The van der Waals surface area contributed by atoms with Crippen LogP contribution in [-0.4, -0.2) is 13.1 Å². The van der Waals surface area contributed by atoms with Crippen LogP contribution in [0.25, 0.3) is 0 Å². The van der Waals surface area contributed by atoms with Crippen molar-refractivity contribution in [3.63, 3.8) is 0 Å². The van der Waals surface area contributed by atoms with Crippen LogP contribution in [0.15, 0.2) is 24.3 Å². The average molecular weight is 207 g/mol. The zero-order chi connectivity index (χ0) is 10.7. The predicted molar refractivity (Wildman–Crippen MR) is 60.4 cm³/mol. The molecule has 1 aliphatic carbocycles. The van der Waals surface area contributed by atoms with E-state index in [1.807, 2.05) is 12.1 Å². The van der Waals surface area contributed by atoms with Crippen LogP contribution >= 0.6 is 0 Å². The Labute approximate surface area is 90.7 Å². The van der Waals surface area contributed by atoms with Crippen molar-refractivity contribution in [2.24, 2.45) is 5.92 Å². The molecule has 0 heterocycles. The summed E-state index contributed by atoms with van der Waals surface area (Å²) in [5, 5.41) is 3.37. The lowest BCUT2D eigenvalue weighted by atomic mass is 9.94. The van der Waals surface area contributed by atoms with Crippen molar-refractivity contribution in [3.05, 3.63) is 35.6 Å². The molecule has 0 bridgehead atoms. The van der Waals surface area contributed by atoms with Gasteiger partial charge in [0, 0.05) is 6.54 Å². The molecule has 1 fully saturated rings. The van der Waals surface area contributed by atoms with Gasteiger partial charge in [-0.25, -0.2) is 4.39 Å². The monoisotopic (exact) mass is 207 g/mol. The molecular weight excluding hydrogens is 189 g/mol. The van der Waals surface area contributed by atoms with Gasteiger partial charge in [-0.2, -0.15) is 0 Å². The van der Waals surface area contributed by atoms with Crippen LogP contribution in [0.3, 0.4) is 0 Å². The van der Waals surface area contributed by atoms with E-state index in [0.29, 0.717) is 5.92 Å². The van der Waals surface area contributed by atoms with E-state index < -0.39 is 0 Å². The van der Waals surface area contributed by atoms with E-state index in [1.165, 1.54) is 18.9 Å². The Morgan fingerprint density at radius 1 is 1.47 bits per heavy atom. The summed E-state index contributed by atoms with van der Waals surface area (Å²) >= 11 is 0. The minimum Gasteiger partial charge on any atom is -0.316 e. The van der Waals surface area contributed by atoms with E-state index >= 15 is 0 Å². The largest absolute Gasteiger partial charge is 0.316 e. The molecule has 0 amide bonds. The highest BCUT2D eigenvalue weighted by molar-refractivity contribution is 5.23. The lowest BCUT2D eigenvalue weighted by Crippen LogP contribution is -2.22. The fourth-order valence-corrected chi connectivity index (χ4v) is 2.09. The summed E-state index contributed by atoms with van der Waals surface area (Å²) in [4.78, 5) is 0. The summed E-state index contributed by atoms with van der Waals surface area (Å²) in [5.74, 6) is 1.15. The van der Waals surface area contributed by atoms with Crippen LogP contribution in [-0.2, 0) is 0 Å². The second-order valence-electron chi connectivity index (χ2n) is 4.31. The lowest BCUT2D eigenvalue weighted by molar-refractivity contribution is 0.540. The van der Waals surface area contributed by atoms with E-state index in [1.54, 1.807) is 6.07 Å². The third-order valence-electron chi connectivity index (χ3n) is 3.08. The second-order valence-corrected chi connectivity index (χ2v) is 4.31. The van der Waals surface area contributed by atoms with Crippen LogP contribution in [0.2, 0.25) is 0 Å². The normalized spacial score (nSPS) is 17.7. The van der Waals surface area contributed by atoms with Gasteiger partial charge in [-0.1, -0.05) is 19.1 Å². The molecule has 0 saturated heterocycles. The van der Waals surface area contributed by atoms with E-state index in [-0.39, 0.29) is 5.82 Å². The average Bonchev–Trinajstić information content (AvgIpc) is 3.03. The number of hydrogen-bond acceptors (Lipinski definition) is 1. The van der Waals surface area contributed by atoms with Gasteiger partial charge in [0.25, 0.3) is 0 Å². The van der Waals surface area contributed by atoms with Gasteiger partial charge in [0.05, 0.1) is 0 Å². The van der Waals surface area contributed by atoms with Gasteiger partial charge in [0.15, 0.2) is 0 Å². The Morgan fingerprint density at radius 2 is 2.27 bits per heavy atom. The molecular formula is C13H18FN. The number of benzene rings is 1. The molecule has 15 heavy (non-hydrogen) atoms. The van der Waals surface area contributed by atoms with Gasteiger partial charge >= 0.3 is 0 Å². The molecule has 1 N–H and O–H groups in total. The highest BCUT2D eigenvalue weighted by Gasteiger charge is 2.31. The highest BCUT2D eigenvalue weighted by atomic mass is 19.1. The van der Waals surface area contributed by atoms with Crippen molar-refractivity contribution >= 4 is 0 Å². The van der Waals surface area contributed by atoms with Crippen molar-refractivity contribution in [3.8, 4) is 0 Å². The van der Waals surface area contributed by atoms with Crippen LogP contribution in [0.5, 0.6) is 0 Å². The molecule has 1 aliphatic rings. The summed E-state index contributed by atoms with van der Waals surface area (Å²) in [5.41, 5.74) is 1.15. The van der Waals surface area contributed by atoms with Crippen LogP contribution in [0.1, 0.15) is 31.2 Å². The van der Waals surface area contributed by atoms with Crippen LogP contribution < -0.4 is 5.32 Å². The van der Waals surface area contributed by atoms with Gasteiger partial charge in [0.1, 0.15) is 5.82 Å². The molecule has 1 aromatic rings. The summed E-state index contributed by atoms with van der Waals surface area (Å²) in [7, 11) is 0. The second kappa shape index (κ2) is 4.75. The number of rotatable bonds is 5. The molecule has 1 unspecified atom stereocenters. The molecule has 0 aromatic heterocycles. The van der Waals surface area contributed by atoms with Crippen molar-refractivity contribution in [2.45, 2.75) is 25.7 Å². The Bertz CT molecular complexity index is 320. The van der Waals surface area contributed by atoms with Crippen molar-refractivity contribution in [1.82, 2.24) is 5.32 Å². The summed E-state index contributed by atoms with van der Waals surface area (Å²) < 4.78 is 13.1. The molecule has 1 nitrogen and oxygen atoms in total. The third kappa shape index (κ3) is 2.78. The van der Waals surface area contributed by atoms with Gasteiger partial charge in [0.2, 0.25) is 0 Å². The third-order valence-corrected chi connectivity index (χ3v) is 3.08. The Kier molecular flexibility index (Phi) is 3.37. The number of nitrogens with one attached hydrogen (secondary N) is 1. The Hall–Kier alpha value is -0.890.